The lowest BCUT2D eigenvalue weighted by atomic mass is 10.2. The van der Waals surface area contributed by atoms with Gasteiger partial charge < -0.3 is 9.72 Å². The van der Waals surface area contributed by atoms with Gasteiger partial charge in [0.15, 0.2) is 4.77 Å². The topological polar surface area (TPSA) is 64.1 Å². The summed E-state index contributed by atoms with van der Waals surface area (Å²) >= 11 is 17.4. The number of fused-ring (bicyclic) bond motifs is 1. The molecule has 0 radical (unpaired) electrons. The molecule has 0 aliphatic carbocycles. The zero-order valence-electron chi connectivity index (χ0n) is 15.4. The van der Waals surface area contributed by atoms with Crippen molar-refractivity contribution in [3.05, 3.63) is 103 Å². The Kier molecular flexibility index (Phi) is 5.72. The molecular weight excluding hydrogens is 443 g/mol. The predicted molar refractivity (Wildman–Crippen MR) is 120 cm³/mol. The summed E-state index contributed by atoms with van der Waals surface area (Å²) in [5.41, 5.74) is 1.07. The Labute approximate surface area is 186 Å². The van der Waals surface area contributed by atoms with E-state index in [0.29, 0.717) is 17.9 Å². The fourth-order valence-electron chi connectivity index (χ4n) is 2.99. The maximum Gasteiger partial charge on any atom is 0.269 e. The summed E-state index contributed by atoms with van der Waals surface area (Å²) in [4.78, 5) is 28.7. The molecule has 0 amide bonds. The van der Waals surface area contributed by atoms with Crippen LogP contribution < -0.4 is 10.3 Å². The van der Waals surface area contributed by atoms with Gasteiger partial charge in [-0.3, -0.25) is 9.59 Å². The number of nitrogens with one attached hydrogen (secondary N) is 1. The van der Waals surface area contributed by atoms with E-state index in [2.05, 4.69) is 4.98 Å². The van der Waals surface area contributed by atoms with Crippen LogP contribution in [-0.2, 0) is 6.61 Å². The van der Waals surface area contributed by atoms with Crippen LogP contribution >= 0.6 is 35.4 Å². The Morgan fingerprint density at radius 2 is 1.73 bits per heavy atom. The van der Waals surface area contributed by atoms with Gasteiger partial charge in [-0.2, -0.15) is 0 Å². The van der Waals surface area contributed by atoms with Crippen LogP contribution in [0.5, 0.6) is 5.75 Å². The maximum absolute atomic E-state index is 13.0. The Bertz CT molecular complexity index is 1360. The summed E-state index contributed by atoms with van der Waals surface area (Å²) in [6, 6.07) is 19.2. The van der Waals surface area contributed by atoms with Crippen molar-refractivity contribution in [2.75, 3.05) is 0 Å². The van der Waals surface area contributed by atoms with Crippen LogP contribution in [0.2, 0.25) is 10.0 Å². The van der Waals surface area contributed by atoms with Crippen molar-refractivity contribution in [2.45, 2.75) is 6.61 Å². The van der Waals surface area contributed by atoms with E-state index in [4.69, 9.17) is 40.2 Å². The smallest absolute Gasteiger partial charge is 0.269 e. The number of rotatable bonds is 4. The van der Waals surface area contributed by atoms with Crippen molar-refractivity contribution in [1.82, 2.24) is 9.55 Å². The van der Waals surface area contributed by atoms with Crippen LogP contribution in [0, 0.1) is 4.77 Å². The molecule has 4 rings (SSSR count). The average molecular weight is 457 g/mol. The van der Waals surface area contributed by atoms with E-state index >= 15 is 0 Å². The molecule has 150 valence electrons. The zero-order chi connectivity index (χ0) is 21.3. The third-order valence-corrected chi connectivity index (χ3v) is 5.28. The van der Waals surface area contributed by atoms with E-state index < -0.39 is 11.5 Å². The second-order valence-corrected chi connectivity index (χ2v) is 7.72. The number of carbonyl (C=O) groups excluding carboxylic acids is 1. The molecule has 3 aromatic carbocycles. The van der Waals surface area contributed by atoms with Gasteiger partial charge in [-0.1, -0.05) is 53.5 Å². The van der Waals surface area contributed by atoms with Gasteiger partial charge >= 0.3 is 0 Å². The molecule has 30 heavy (non-hydrogen) atoms. The average Bonchev–Trinajstić information content (AvgIpc) is 2.74. The van der Waals surface area contributed by atoms with Crippen molar-refractivity contribution in [3.8, 4) is 5.75 Å². The third-order valence-electron chi connectivity index (χ3n) is 4.48. The van der Waals surface area contributed by atoms with Crippen molar-refractivity contribution in [3.63, 3.8) is 0 Å². The second kappa shape index (κ2) is 8.44. The molecule has 0 unspecified atom stereocenters. The fourth-order valence-corrected chi connectivity index (χ4v) is 3.80. The first-order chi connectivity index (χ1) is 14.4. The summed E-state index contributed by atoms with van der Waals surface area (Å²) in [6.07, 6.45) is 0. The minimum atomic E-state index is -0.590. The first kappa shape index (κ1) is 20.3. The monoisotopic (exact) mass is 456 g/mol. The zero-order valence-corrected chi connectivity index (χ0v) is 17.7. The number of hydrogen-bond acceptors (Lipinski definition) is 4. The first-order valence-electron chi connectivity index (χ1n) is 8.89. The quantitative estimate of drug-likeness (QED) is 0.404. The van der Waals surface area contributed by atoms with Gasteiger partial charge in [0.25, 0.3) is 11.5 Å². The molecule has 0 aliphatic rings. The van der Waals surface area contributed by atoms with Crippen LogP contribution in [-0.4, -0.2) is 15.5 Å². The predicted octanol–water partition coefficient (Wildman–Crippen LogP) is 5.63. The van der Waals surface area contributed by atoms with Crippen molar-refractivity contribution in [1.29, 1.82) is 0 Å². The number of ether oxygens (including phenoxy) is 1. The highest BCUT2D eigenvalue weighted by atomic mass is 35.5. The van der Waals surface area contributed by atoms with Gasteiger partial charge in [0, 0.05) is 10.6 Å². The number of nitrogens with zero attached hydrogens (tertiary/aromatic N) is 1. The molecule has 0 bridgehead atoms. The van der Waals surface area contributed by atoms with Crippen molar-refractivity contribution < 1.29 is 9.53 Å². The molecule has 4 aromatic rings. The Hall–Kier alpha value is -2.93. The molecule has 5 nitrogen and oxygen atoms in total. The molecule has 0 fully saturated rings. The highest BCUT2D eigenvalue weighted by molar-refractivity contribution is 7.71. The van der Waals surface area contributed by atoms with Crippen LogP contribution in [0.15, 0.2) is 71.5 Å². The van der Waals surface area contributed by atoms with Gasteiger partial charge in [0.1, 0.15) is 12.4 Å². The van der Waals surface area contributed by atoms with E-state index in [1.54, 1.807) is 24.3 Å². The minimum absolute atomic E-state index is 0.0499. The van der Waals surface area contributed by atoms with E-state index in [0.717, 1.165) is 10.1 Å². The molecule has 1 aromatic heterocycles. The summed E-state index contributed by atoms with van der Waals surface area (Å²) < 4.78 is 6.57. The summed E-state index contributed by atoms with van der Waals surface area (Å²) in [7, 11) is 0. The molecule has 1 N–H and O–H groups in total. The van der Waals surface area contributed by atoms with E-state index in [9.17, 15) is 9.59 Å². The fraction of sp³-hybridized carbons (Fsp3) is 0.0455. The molecule has 1 heterocycles. The summed E-state index contributed by atoms with van der Waals surface area (Å²) in [5, 5.41) is 0.714. The number of aromatic nitrogens is 2. The molecular formula is C22H14Cl2N2O3S. The minimum Gasteiger partial charge on any atom is -0.489 e. The molecule has 0 saturated heterocycles. The summed E-state index contributed by atoms with van der Waals surface area (Å²) in [5.74, 6) is 0.0406. The molecule has 0 spiro atoms. The molecule has 0 saturated carbocycles. The van der Waals surface area contributed by atoms with Crippen LogP contribution in [0.25, 0.3) is 10.9 Å². The number of halogens is 2. The number of carbonyl (C=O) groups is 1. The Morgan fingerprint density at radius 1 is 1.03 bits per heavy atom. The third kappa shape index (κ3) is 4.03. The largest absolute Gasteiger partial charge is 0.489 e. The van der Waals surface area contributed by atoms with E-state index in [1.807, 2.05) is 30.3 Å². The lowest BCUT2D eigenvalue weighted by molar-refractivity contribution is 0.0953. The number of hydrogen-bond donors (Lipinski definition) is 1. The Morgan fingerprint density at radius 3 is 2.43 bits per heavy atom. The highest BCUT2D eigenvalue weighted by Gasteiger charge is 2.16. The lowest BCUT2D eigenvalue weighted by Crippen LogP contribution is -2.29. The number of H-pyrrole nitrogens is 1. The van der Waals surface area contributed by atoms with Crippen LogP contribution in [0.3, 0.4) is 0 Å². The van der Waals surface area contributed by atoms with Gasteiger partial charge in [-0.05, 0) is 54.2 Å². The standard InChI is InChI=1S/C22H14Cl2N2O3S/c23-15-10-17-19(18(24)11-15)25-22(30)26(21(17)28)20(27)14-6-8-16(9-7-14)29-12-13-4-2-1-3-5-13/h1-11H,12H2,(H,25,30). The first-order valence-corrected chi connectivity index (χ1v) is 10.1. The maximum atomic E-state index is 13.0. The van der Waals surface area contributed by atoms with Crippen molar-refractivity contribution >= 4 is 52.2 Å². The molecule has 8 heteroatoms. The van der Waals surface area contributed by atoms with E-state index in [1.165, 1.54) is 12.1 Å². The van der Waals surface area contributed by atoms with Gasteiger partial charge in [0.05, 0.1) is 15.9 Å². The SMILES string of the molecule is O=C(c1ccc(OCc2ccccc2)cc1)n1c(=S)[nH]c2c(Cl)cc(Cl)cc2c1=O. The van der Waals surface area contributed by atoms with Gasteiger partial charge in [-0.15, -0.1) is 0 Å². The molecule has 0 aliphatic heterocycles. The number of aromatic amines is 1. The van der Waals surface area contributed by atoms with Crippen LogP contribution in [0.4, 0.5) is 0 Å². The highest BCUT2D eigenvalue weighted by Crippen LogP contribution is 2.24. The lowest BCUT2D eigenvalue weighted by Gasteiger charge is -2.10. The van der Waals surface area contributed by atoms with Crippen LogP contribution in [0.1, 0.15) is 15.9 Å². The van der Waals surface area contributed by atoms with Crippen molar-refractivity contribution in [2.24, 2.45) is 0 Å². The second-order valence-electron chi connectivity index (χ2n) is 6.48. The Balaban J connectivity index is 1.64. The normalized spacial score (nSPS) is 10.9. The van der Waals surface area contributed by atoms with Gasteiger partial charge in [0.2, 0.25) is 0 Å². The molecule has 0 atom stereocenters. The number of benzene rings is 3. The van der Waals surface area contributed by atoms with Gasteiger partial charge in [-0.25, -0.2) is 4.57 Å². The van der Waals surface area contributed by atoms with E-state index in [-0.39, 0.29) is 25.8 Å². The summed E-state index contributed by atoms with van der Waals surface area (Å²) in [6.45, 7) is 0.408.